The highest BCUT2D eigenvalue weighted by molar-refractivity contribution is 7.89. The topological polar surface area (TPSA) is 83.9 Å². The average molecular weight is 373 g/mol. The number of sulfonamides is 1. The van der Waals surface area contributed by atoms with Crippen molar-refractivity contribution in [1.29, 1.82) is 0 Å². The van der Waals surface area contributed by atoms with Gasteiger partial charge in [-0.05, 0) is 0 Å². The highest BCUT2D eigenvalue weighted by Gasteiger charge is 2.54. The maximum atomic E-state index is 12.7. The normalized spacial score (nSPS) is 24.1. The summed E-state index contributed by atoms with van der Waals surface area (Å²) >= 11 is 0. The zero-order valence-electron chi connectivity index (χ0n) is 11.4. The summed E-state index contributed by atoms with van der Waals surface area (Å²) in [6.45, 7) is -4.53. The molecule has 0 amide bonds. The van der Waals surface area contributed by atoms with Crippen molar-refractivity contribution >= 4 is 16.0 Å². The maximum Gasteiger partial charge on any atom is 0.411 e. The number of carboxylic acid groups (broad SMARTS) is 1. The fourth-order valence-electron chi connectivity index (χ4n) is 2.06. The minimum atomic E-state index is -4.90. The largest absolute Gasteiger partial charge is 0.481 e. The SMILES string of the molecule is O=C(O)[C@@H]1CN(S(=O)(=O)CCOCC(F)(F)F)C[C@H]1C(F)(F)F. The maximum absolute atomic E-state index is 12.7. The van der Waals surface area contributed by atoms with Gasteiger partial charge in [-0.15, -0.1) is 0 Å². The van der Waals surface area contributed by atoms with Crippen LogP contribution in [0.1, 0.15) is 0 Å². The summed E-state index contributed by atoms with van der Waals surface area (Å²) in [6, 6.07) is 0. The van der Waals surface area contributed by atoms with E-state index in [0.717, 1.165) is 0 Å². The number of aliphatic carboxylic acids is 1. The lowest BCUT2D eigenvalue weighted by Gasteiger charge is -2.18. The number of alkyl halides is 6. The number of halogens is 6. The van der Waals surface area contributed by atoms with E-state index in [-0.39, 0.29) is 0 Å². The Balaban J connectivity index is 2.69. The Morgan fingerprint density at radius 1 is 1.17 bits per heavy atom. The van der Waals surface area contributed by atoms with E-state index in [4.69, 9.17) is 5.11 Å². The first-order valence-electron chi connectivity index (χ1n) is 6.16. The van der Waals surface area contributed by atoms with Gasteiger partial charge in [-0.3, -0.25) is 4.79 Å². The van der Waals surface area contributed by atoms with Crippen LogP contribution < -0.4 is 0 Å². The van der Waals surface area contributed by atoms with Crippen molar-refractivity contribution in [2.45, 2.75) is 12.4 Å². The standard InChI is InChI=1S/C10H13F6NO5S/c11-9(12,13)5-22-1-2-23(20,21)17-3-6(8(18)19)7(4-17)10(14,15)16/h6-7H,1-5H2,(H,18,19)/t6-,7-/m1/s1. The van der Waals surface area contributed by atoms with E-state index < -0.39 is 72.2 Å². The van der Waals surface area contributed by atoms with Crippen molar-refractivity contribution in [3.63, 3.8) is 0 Å². The molecule has 1 saturated heterocycles. The zero-order chi connectivity index (χ0) is 18.1. The summed E-state index contributed by atoms with van der Waals surface area (Å²) in [5.41, 5.74) is 0. The van der Waals surface area contributed by atoms with E-state index >= 15 is 0 Å². The van der Waals surface area contributed by atoms with Gasteiger partial charge in [0.05, 0.1) is 24.2 Å². The minimum Gasteiger partial charge on any atom is -0.481 e. The molecule has 6 nitrogen and oxygen atoms in total. The van der Waals surface area contributed by atoms with Gasteiger partial charge < -0.3 is 9.84 Å². The molecule has 2 atom stereocenters. The fraction of sp³-hybridized carbons (Fsp3) is 0.900. The smallest absolute Gasteiger partial charge is 0.411 e. The van der Waals surface area contributed by atoms with Gasteiger partial charge in [0.2, 0.25) is 10.0 Å². The van der Waals surface area contributed by atoms with Gasteiger partial charge in [0.15, 0.2) is 0 Å². The second-order valence-electron chi connectivity index (χ2n) is 4.89. The zero-order valence-corrected chi connectivity index (χ0v) is 12.2. The fourth-order valence-corrected chi connectivity index (χ4v) is 3.42. The lowest BCUT2D eigenvalue weighted by Crippen LogP contribution is -2.35. The third kappa shape index (κ3) is 5.80. The van der Waals surface area contributed by atoms with E-state index in [1.54, 1.807) is 0 Å². The van der Waals surface area contributed by atoms with Gasteiger partial charge >= 0.3 is 18.3 Å². The van der Waals surface area contributed by atoms with Crippen LogP contribution in [-0.4, -0.2) is 68.2 Å². The van der Waals surface area contributed by atoms with Gasteiger partial charge in [0, 0.05) is 13.1 Å². The molecule has 0 unspecified atom stereocenters. The molecule has 1 fully saturated rings. The number of hydrogen-bond acceptors (Lipinski definition) is 4. The van der Waals surface area contributed by atoms with Crippen LogP contribution in [0.3, 0.4) is 0 Å². The van der Waals surface area contributed by atoms with E-state index in [1.165, 1.54) is 0 Å². The molecule has 0 aromatic heterocycles. The summed E-state index contributed by atoms with van der Waals surface area (Å²) in [5, 5.41) is 8.76. The Morgan fingerprint density at radius 2 is 1.74 bits per heavy atom. The molecule has 1 rings (SSSR count). The molecule has 0 bridgehead atoms. The Kier molecular flexibility index (Phi) is 5.91. The van der Waals surface area contributed by atoms with Crippen molar-refractivity contribution in [2.75, 3.05) is 32.1 Å². The highest BCUT2D eigenvalue weighted by atomic mass is 32.2. The van der Waals surface area contributed by atoms with Gasteiger partial charge in [-0.2, -0.15) is 26.3 Å². The van der Waals surface area contributed by atoms with Crippen LogP contribution in [0.4, 0.5) is 26.3 Å². The van der Waals surface area contributed by atoms with Gasteiger partial charge in [-0.1, -0.05) is 0 Å². The average Bonchev–Trinajstić information content (AvgIpc) is 2.79. The Hall–Kier alpha value is -1.08. The van der Waals surface area contributed by atoms with Crippen molar-refractivity contribution in [1.82, 2.24) is 4.31 Å². The Labute approximate surface area is 127 Å². The second kappa shape index (κ2) is 6.81. The first-order valence-corrected chi connectivity index (χ1v) is 7.77. The van der Waals surface area contributed by atoms with Gasteiger partial charge in [0.1, 0.15) is 6.61 Å². The van der Waals surface area contributed by atoms with Gasteiger partial charge in [0.25, 0.3) is 0 Å². The van der Waals surface area contributed by atoms with E-state index in [9.17, 15) is 39.6 Å². The monoisotopic (exact) mass is 373 g/mol. The molecule has 136 valence electrons. The molecule has 1 aliphatic heterocycles. The quantitative estimate of drug-likeness (QED) is 0.557. The third-order valence-corrected chi connectivity index (χ3v) is 4.94. The molecule has 0 saturated carbocycles. The van der Waals surface area contributed by atoms with Crippen LogP contribution in [0.2, 0.25) is 0 Å². The second-order valence-corrected chi connectivity index (χ2v) is 6.98. The van der Waals surface area contributed by atoms with Crippen molar-refractivity contribution in [3.8, 4) is 0 Å². The molecule has 1 aliphatic rings. The van der Waals surface area contributed by atoms with Crippen LogP contribution in [0.25, 0.3) is 0 Å². The van der Waals surface area contributed by atoms with Crippen molar-refractivity contribution in [3.05, 3.63) is 0 Å². The summed E-state index contributed by atoms with van der Waals surface area (Å²) in [7, 11) is -4.36. The molecule has 0 radical (unpaired) electrons. The molecule has 13 heteroatoms. The molecule has 1 heterocycles. The lowest BCUT2D eigenvalue weighted by atomic mass is 9.96. The molecule has 0 aliphatic carbocycles. The van der Waals surface area contributed by atoms with Crippen LogP contribution in [0.5, 0.6) is 0 Å². The summed E-state index contributed by atoms with van der Waals surface area (Å²) in [6.07, 6.45) is -9.56. The first-order chi connectivity index (χ1) is 10.2. The highest BCUT2D eigenvalue weighted by Crippen LogP contribution is 2.38. The van der Waals surface area contributed by atoms with E-state index in [0.29, 0.717) is 4.31 Å². The van der Waals surface area contributed by atoms with E-state index in [1.807, 2.05) is 0 Å². The van der Waals surface area contributed by atoms with Gasteiger partial charge in [-0.25, -0.2) is 12.7 Å². The third-order valence-electron chi connectivity index (χ3n) is 3.17. The minimum absolute atomic E-state index is 0.320. The molecule has 1 N–H and O–H groups in total. The molecule has 0 aromatic carbocycles. The predicted octanol–water partition coefficient (Wildman–Crippen LogP) is 1.09. The molecular weight excluding hydrogens is 360 g/mol. The van der Waals surface area contributed by atoms with Crippen molar-refractivity contribution in [2.24, 2.45) is 11.8 Å². The first kappa shape index (κ1) is 20.0. The molecule has 0 spiro atoms. The van der Waals surface area contributed by atoms with Crippen LogP contribution in [0.15, 0.2) is 0 Å². The number of carboxylic acids is 1. The van der Waals surface area contributed by atoms with E-state index in [2.05, 4.69) is 4.74 Å². The van der Waals surface area contributed by atoms with Crippen LogP contribution in [0, 0.1) is 11.8 Å². The number of carbonyl (C=O) groups is 1. The molecule has 0 aromatic rings. The summed E-state index contributed by atoms with van der Waals surface area (Å²) < 4.78 is 102. The number of rotatable bonds is 6. The van der Waals surface area contributed by atoms with Crippen molar-refractivity contribution < 1.29 is 49.4 Å². The summed E-state index contributed by atoms with van der Waals surface area (Å²) in [5.74, 6) is -7.09. The van der Waals surface area contributed by atoms with Crippen LogP contribution >= 0.6 is 0 Å². The molecule has 23 heavy (non-hydrogen) atoms. The molecular formula is C10H13F6NO5S. The predicted molar refractivity (Wildman–Crippen MR) is 62.9 cm³/mol. The number of ether oxygens (including phenoxy) is 1. The van der Waals surface area contributed by atoms with Crippen LogP contribution in [-0.2, 0) is 19.6 Å². The number of hydrogen-bond donors (Lipinski definition) is 1. The Morgan fingerprint density at radius 3 is 2.13 bits per heavy atom. The summed E-state index contributed by atoms with van der Waals surface area (Å²) in [4.78, 5) is 10.8. The Bertz CT molecular complexity index is 531. The lowest BCUT2D eigenvalue weighted by molar-refractivity contribution is -0.187. The number of nitrogens with zero attached hydrogens (tertiary/aromatic N) is 1.